The molecule has 1 aromatic rings. The first-order chi connectivity index (χ1) is 10.4. The number of amides is 2. The first-order valence-electron chi connectivity index (χ1n) is 5.69. The quantitative estimate of drug-likeness (QED) is 0.327. The molecule has 2 amide bonds. The van der Waals surface area contributed by atoms with E-state index in [9.17, 15) is 13.2 Å². The Labute approximate surface area is 142 Å². The van der Waals surface area contributed by atoms with E-state index >= 15 is 0 Å². The van der Waals surface area contributed by atoms with Crippen LogP contribution in [-0.4, -0.2) is 20.2 Å². The average Bonchev–Trinajstić information content (AvgIpc) is 2.47. The van der Waals surface area contributed by atoms with E-state index in [1.807, 2.05) is 4.72 Å². The Morgan fingerprint density at radius 2 is 2.09 bits per heavy atom. The Bertz CT molecular complexity index is 677. The van der Waals surface area contributed by atoms with Gasteiger partial charge in [-0.25, -0.2) is 17.9 Å². The molecule has 1 rings (SSSR count). The zero-order valence-electron chi connectivity index (χ0n) is 11.1. The Morgan fingerprint density at radius 1 is 1.41 bits per heavy atom. The van der Waals surface area contributed by atoms with Gasteiger partial charge in [0.25, 0.3) is 10.0 Å². The first-order valence-corrected chi connectivity index (χ1v) is 8.97. The molecule has 0 bridgehead atoms. The van der Waals surface area contributed by atoms with Gasteiger partial charge >= 0.3 is 6.03 Å². The Morgan fingerprint density at radius 3 is 2.73 bits per heavy atom. The van der Waals surface area contributed by atoms with Crippen molar-refractivity contribution in [1.29, 1.82) is 0 Å². The van der Waals surface area contributed by atoms with Gasteiger partial charge in [0.15, 0.2) is 0 Å². The van der Waals surface area contributed by atoms with Crippen LogP contribution in [0.3, 0.4) is 0 Å². The topological polar surface area (TPSA) is 84.5 Å². The molecule has 10 heteroatoms. The first kappa shape index (κ1) is 18.7. The van der Waals surface area contributed by atoms with Crippen LogP contribution < -0.4 is 14.2 Å². The van der Waals surface area contributed by atoms with Crippen LogP contribution in [0, 0.1) is 0 Å². The van der Waals surface area contributed by atoms with Crippen molar-refractivity contribution in [3.8, 4) is 5.75 Å². The third kappa shape index (κ3) is 5.80. The molecule has 0 saturated heterocycles. The number of para-hydroxylation sites is 1. The molecule has 6 nitrogen and oxygen atoms in total. The Balaban J connectivity index is 2.93. The van der Waals surface area contributed by atoms with Gasteiger partial charge in [0.2, 0.25) is 5.22 Å². The molecule has 0 aliphatic rings. The molecule has 0 aliphatic heterocycles. The van der Waals surface area contributed by atoms with Gasteiger partial charge in [-0.3, -0.25) is 4.72 Å². The highest BCUT2D eigenvalue weighted by Crippen LogP contribution is 2.26. The maximum Gasteiger partial charge on any atom is 0.338 e. The second-order valence-corrected chi connectivity index (χ2v) is 6.67. The van der Waals surface area contributed by atoms with Crippen LogP contribution in [-0.2, 0) is 10.0 Å². The minimum atomic E-state index is -4.14. The van der Waals surface area contributed by atoms with E-state index in [0.717, 1.165) is 17.5 Å². The summed E-state index contributed by atoms with van der Waals surface area (Å²) in [5.41, 5.74) is 0.941. The molecule has 120 valence electrons. The van der Waals surface area contributed by atoms with E-state index in [1.165, 1.54) is 18.2 Å². The van der Waals surface area contributed by atoms with Gasteiger partial charge < -0.3 is 4.74 Å². The van der Waals surface area contributed by atoms with Crippen molar-refractivity contribution in [2.75, 3.05) is 5.75 Å². The summed E-state index contributed by atoms with van der Waals surface area (Å²) in [6.45, 7) is 3.47. The lowest BCUT2D eigenvalue weighted by molar-refractivity contribution is 0.251. The molecule has 0 aliphatic carbocycles. The van der Waals surface area contributed by atoms with Crippen molar-refractivity contribution in [3.05, 3.63) is 47.7 Å². The number of carbonyl (C=O) groups excluding carboxylic acids is 1. The number of halogens is 2. The number of sulfonamides is 1. The zero-order chi connectivity index (χ0) is 16.6. The van der Waals surface area contributed by atoms with Crippen molar-refractivity contribution < 1.29 is 17.9 Å². The highest BCUT2D eigenvalue weighted by atomic mass is 35.5. The highest BCUT2D eigenvalue weighted by molar-refractivity contribution is 7.98. The third-order valence-electron chi connectivity index (χ3n) is 2.03. The van der Waals surface area contributed by atoms with Crippen molar-refractivity contribution in [2.45, 2.75) is 4.90 Å². The minimum absolute atomic E-state index is 0.0663. The molecule has 0 unspecified atom stereocenters. The van der Waals surface area contributed by atoms with Crippen LogP contribution in [0.1, 0.15) is 0 Å². The Hall–Kier alpha value is -1.35. The number of rotatable bonds is 7. The molecule has 0 fully saturated rings. The van der Waals surface area contributed by atoms with Crippen LogP contribution in [0.5, 0.6) is 5.75 Å². The monoisotopic (exact) mass is 382 g/mol. The number of hydrogen-bond donors (Lipinski definition) is 2. The van der Waals surface area contributed by atoms with E-state index in [2.05, 4.69) is 11.3 Å². The predicted molar refractivity (Wildman–Crippen MR) is 88.4 cm³/mol. The van der Waals surface area contributed by atoms with Gasteiger partial charge in [-0.15, -0.1) is 6.58 Å². The number of nitrogens with one attached hydrogen (secondary N) is 2. The number of benzene rings is 1. The fraction of sp³-hybridized carbons (Fsp3) is 0.0833. The lowest BCUT2D eigenvalue weighted by atomic mass is 10.3. The summed E-state index contributed by atoms with van der Waals surface area (Å²) < 4.78 is 33.6. The number of urea groups is 1. The van der Waals surface area contributed by atoms with Crippen LogP contribution in [0.4, 0.5) is 4.79 Å². The fourth-order valence-corrected chi connectivity index (χ4v) is 2.86. The van der Waals surface area contributed by atoms with E-state index < -0.39 is 16.1 Å². The second-order valence-electron chi connectivity index (χ2n) is 3.60. The summed E-state index contributed by atoms with van der Waals surface area (Å²) >= 11 is 12.0. The number of hydrogen-bond acceptors (Lipinski definition) is 5. The van der Waals surface area contributed by atoms with Gasteiger partial charge in [-0.05, 0) is 35.7 Å². The third-order valence-corrected chi connectivity index (χ3v) is 4.62. The molecular formula is C12H12Cl2N2O4S2. The molecule has 0 atom stereocenters. The van der Waals surface area contributed by atoms with Crippen LogP contribution in [0.25, 0.3) is 0 Å². The van der Waals surface area contributed by atoms with Crippen molar-refractivity contribution in [1.82, 2.24) is 9.44 Å². The largest absolute Gasteiger partial charge is 0.443 e. The van der Waals surface area contributed by atoms with Crippen molar-refractivity contribution >= 4 is 51.2 Å². The summed E-state index contributed by atoms with van der Waals surface area (Å²) in [6.07, 6.45) is 1.56. The normalized spacial score (nSPS) is 11.6. The lowest BCUT2D eigenvalue weighted by Crippen LogP contribution is -2.36. The highest BCUT2D eigenvalue weighted by Gasteiger charge is 2.22. The van der Waals surface area contributed by atoms with Gasteiger partial charge in [0, 0.05) is 5.75 Å². The molecule has 1 aromatic carbocycles. The second kappa shape index (κ2) is 8.94. The smallest absolute Gasteiger partial charge is 0.338 e. The van der Waals surface area contributed by atoms with Gasteiger partial charge in [-0.1, -0.05) is 29.8 Å². The summed E-state index contributed by atoms with van der Waals surface area (Å²) in [6, 6.07) is 4.78. The molecule has 0 saturated carbocycles. The molecule has 22 heavy (non-hydrogen) atoms. The number of carbonyl (C=O) groups is 1. The van der Waals surface area contributed by atoms with Crippen LogP contribution in [0.15, 0.2) is 52.6 Å². The minimum Gasteiger partial charge on any atom is -0.443 e. The molecule has 0 aromatic heterocycles. The van der Waals surface area contributed by atoms with Crippen LogP contribution in [0.2, 0.25) is 0 Å². The summed E-state index contributed by atoms with van der Waals surface area (Å²) in [7, 11) is -4.14. The predicted octanol–water partition coefficient (Wildman–Crippen LogP) is 3.16. The summed E-state index contributed by atoms with van der Waals surface area (Å²) in [4.78, 5) is 11.3. The van der Waals surface area contributed by atoms with Gasteiger partial charge in [0.1, 0.15) is 10.6 Å². The zero-order valence-corrected chi connectivity index (χ0v) is 14.2. The molecular weight excluding hydrogens is 371 g/mol. The van der Waals surface area contributed by atoms with Gasteiger partial charge in [0.05, 0.1) is 5.54 Å². The van der Waals surface area contributed by atoms with Crippen molar-refractivity contribution in [3.63, 3.8) is 0 Å². The SMILES string of the molecule is C=CCSNC(=O)NS(=O)(=O)c1ccccc1O/C(Cl)=C/Cl. The maximum absolute atomic E-state index is 12.2. The van der Waals surface area contributed by atoms with E-state index in [0.29, 0.717) is 5.75 Å². The van der Waals surface area contributed by atoms with Crippen LogP contribution >= 0.6 is 35.1 Å². The van der Waals surface area contributed by atoms with E-state index in [-0.39, 0.29) is 15.9 Å². The molecule has 0 spiro atoms. The Kier molecular flexibility index (Phi) is 7.60. The van der Waals surface area contributed by atoms with E-state index in [4.69, 9.17) is 27.9 Å². The summed E-state index contributed by atoms with van der Waals surface area (Å²) in [5.74, 6) is 0.368. The molecule has 0 heterocycles. The molecule has 0 radical (unpaired) electrons. The summed E-state index contributed by atoms with van der Waals surface area (Å²) in [5, 5.41) is -0.213. The average molecular weight is 383 g/mol. The number of ether oxygens (including phenoxy) is 1. The standard InChI is InChI=1S/C12H12Cl2N2O4S2/c1-2-7-21-15-12(17)16-22(18,19)10-6-4-3-5-9(10)20-11(14)8-13/h2-6,8H,1,7H2,(H2,15,16,17)/b11-8+. The van der Waals surface area contributed by atoms with E-state index in [1.54, 1.807) is 12.1 Å². The maximum atomic E-state index is 12.2. The van der Waals surface area contributed by atoms with Crippen molar-refractivity contribution in [2.24, 2.45) is 0 Å². The lowest BCUT2D eigenvalue weighted by Gasteiger charge is -2.11. The fourth-order valence-electron chi connectivity index (χ4n) is 1.25. The molecule has 2 N–H and O–H groups in total. The van der Waals surface area contributed by atoms with Gasteiger partial charge in [-0.2, -0.15) is 0 Å².